The van der Waals surface area contributed by atoms with E-state index in [2.05, 4.69) is 56.8 Å². The van der Waals surface area contributed by atoms with E-state index < -0.39 is 15.9 Å². The molecule has 3 fully saturated rings. The Balaban J connectivity index is 1.22. The van der Waals surface area contributed by atoms with Crippen LogP contribution in [-0.4, -0.2) is 86.8 Å². The van der Waals surface area contributed by atoms with Crippen molar-refractivity contribution in [3.8, 4) is 0 Å². The van der Waals surface area contributed by atoms with Gasteiger partial charge in [0.2, 0.25) is 5.91 Å². The van der Waals surface area contributed by atoms with Gasteiger partial charge in [0.25, 0.3) is 15.9 Å². The van der Waals surface area contributed by atoms with Crippen molar-refractivity contribution in [2.45, 2.75) is 83.3 Å². The van der Waals surface area contributed by atoms with Crippen LogP contribution in [0.5, 0.6) is 0 Å². The Hall–Kier alpha value is -3.37. The van der Waals surface area contributed by atoms with Gasteiger partial charge in [-0.1, -0.05) is 49.1 Å². The SMILES string of the molecule is COC1=CC=C(C2CCCCC2)C2C1C=C1C3C(=C4C(=C4C(=O)NS(=O)(=O)C=C(C)C)CN12)C=CC[C@H]3C(=O)N1C2CCC1CN(C)C2. The molecule has 0 radical (unpaired) electrons. The lowest BCUT2D eigenvalue weighted by atomic mass is 9.75. The normalized spacial score (nSPS) is 32.7. The lowest BCUT2D eigenvalue weighted by Crippen LogP contribution is -2.57. The second-order valence-corrected chi connectivity index (χ2v) is 16.9. The molecule has 0 aromatic heterocycles. The summed E-state index contributed by atoms with van der Waals surface area (Å²) in [7, 11) is -0.0542. The van der Waals surface area contributed by atoms with Crippen LogP contribution >= 0.6 is 0 Å². The third-order valence-electron chi connectivity index (χ3n) is 12.0. The number of likely N-dealkylation sites (tertiary alicyclic amines) is 1. The number of nitrogens with one attached hydrogen (secondary N) is 1. The topological polar surface area (TPSA) is 99.3 Å². The minimum Gasteiger partial charge on any atom is -0.500 e. The number of rotatable bonds is 6. The van der Waals surface area contributed by atoms with Crippen LogP contribution in [0.1, 0.15) is 65.2 Å². The van der Waals surface area contributed by atoms with Crippen LogP contribution in [0.3, 0.4) is 0 Å². The quantitative estimate of drug-likeness (QED) is 0.437. The number of amides is 2. The standard InChI is InChI=1S/C38H48N4O5S/c1-22(2)21-48(45,46)39-37(43)35-30-20-41-31(17-29-32(47-4)16-15-26(36(29)41)23-9-6-5-7-10-23)33-27(34(30)35)11-8-12-28(33)38(44)42-24-13-14-25(42)19-40(3)18-24/h8,11,15-17,21,23-25,28-29,33,36H,5-7,9-10,12-14,18-20H2,1-4H3,(H,39,43)/t24?,25?,28-,29?,33?,36?/m1/s1. The average molecular weight is 673 g/mol. The number of sulfonamides is 1. The van der Waals surface area contributed by atoms with E-state index in [0.29, 0.717) is 30.0 Å². The summed E-state index contributed by atoms with van der Waals surface area (Å²) < 4.78 is 34.0. The second-order valence-electron chi connectivity index (χ2n) is 15.4. The van der Waals surface area contributed by atoms with Crippen molar-refractivity contribution in [1.29, 1.82) is 0 Å². The Kier molecular flexibility index (Phi) is 7.90. The first-order valence-electron chi connectivity index (χ1n) is 17.9. The Morgan fingerprint density at radius 2 is 1.75 bits per heavy atom. The van der Waals surface area contributed by atoms with E-state index >= 15 is 0 Å². The zero-order chi connectivity index (χ0) is 33.5. The zero-order valence-corrected chi connectivity index (χ0v) is 29.4. The molecule has 48 heavy (non-hydrogen) atoms. The van der Waals surface area contributed by atoms with Gasteiger partial charge in [0, 0.05) is 48.7 Å². The Morgan fingerprint density at radius 1 is 1.02 bits per heavy atom. The molecule has 6 atom stereocenters. The molecule has 4 heterocycles. The summed E-state index contributed by atoms with van der Waals surface area (Å²) in [6.07, 6.45) is 19.7. The molecule has 0 aromatic rings. The van der Waals surface area contributed by atoms with E-state index in [1.807, 2.05) is 0 Å². The highest BCUT2D eigenvalue weighted by molar-refractivity contribution is 7.93. The number of carbonyl (C=O) groups is 2. The Morgan fingerprint density at radius 3 is 2.44 bits per heavy atom. The van der Waals surface area contributed by atoms with Crippen molar-refractivity contribution in [2.24, 2.45) is 23.7 Å². The van der Waals surface area contributed by atoms with Crippen LogP contribution < -0.4 is 4.72 Å². The third-order valence-corrected chi connectivity index (χ3v) is 13.3. The van der Waals surface area contributed by atoms with Gasteiger partial charge < -0.3 is 19.4 Å². The molecule has 9 nitrogen and oxygen atoms in total. The molecule has 0 aromatic carbocycles. The number of hydrogen-bond acceptors (Lipinski definition) is 7. The summed E-state index contributed by atoms with van der Waals surface area (Å²) in [4.78, 5) is 35.6. The number of methoxy groups -OCH3 is 1. The summed E-state index contributed by atoms with van der Waals surface area (Å²) in [5, 5.41) is 1.10. The van der Waals surface area contributed by atoms with E-state index in [1.165, 1.54) is 37.7 Å². The van der Waals surface area contributed by atoms with E-state index in [4.69, 9.17) is 4.74 Å². The van der Waals surface area contributed by atoms with E-state index in [9.17, 15) is 18.0 Å². The summed E-state index contributed by atoms with van der Waals surface area (Å²) in [6.45, 7) is 5.69. The van der Waals surface area contributed by atoms with Crippen LogP contribution in [-0.2, 0) is 24.3 Å². The number of nitrogens with zero attached hydrogens (tertiary/aromatic N) is 3. The lowest BCUT2D eigenvalue weighted by Gasteiger charge is -2.44. The van der Waals surface area contributed by atoms with E-state index in [1.54, 1.807) is 21.0 Å². The number of ether oxygens (including phenoxy) is 1. The third kappa shape index (κ3) is 5.25. The first-order chi connectivity index (χ1) is 23.1. The van der Waals surface area contributed by atoms with Crippen molar-refractivity contribution in [3.63, 3.8) is 0 Å². The fourth-order valence-electron chi connectivity index (χ4n) is 10.2. The van der Waals surface area contributed by atoms with Crippen molar-refractivity contribution in [1.82, 2.24) is 19.4 Å². The molecule has 2 amide bonds. The van der Waals surface area contributed by atoms with Crippen LogP contribution in [0, 0.1) is 23.7 Å². The summed E-state index contributed by atoms with van der Waals surface area (Å²) in [5.41, 5.74) is 6.32. The largest absolute Gasteiger partial charge is 0.500 e. The molecule has 5 unspecified atom stereocenters. The second kappa shape index (κ2) is 11.9. The predicted octanol–water partition coefficient (Wildman–Crippen LogP) is 4.71. The van der Waals surface area contributed by atoms with E-state index in [0.717, 1.165) is 59.5 Å². The van der Waals surface area contributed by atoms with Gasteiger partial charge in [-0.15, -0.1) is 0 Å². The maximum atomic E-state index is 14.8. The van der Waals surface area contributed by atoms with Gasteiger partial charge in [-0.05, 0) is 87.3 Å². The van der Waals surface area contributed by atoms with Crippen molar-refractivity contribution in [3.05, 3.63) is 80.7 Å². The molecule has 4 aliphatic carbocycles. The van der Waals surface area contributed by atoms with E-state index in [-0.39, 0.29) is 41.8 Å². The van der Waals surface area contributed by atoms with Gasteiger partial charge in [-0.25, -0.2) is 13.1 Å². The van der Waals surface area contributed by atoms with Gasteiger partial charge in [0.15, 0.2) is 0 Å². The van der Waals surface area contributed by atoms with Crippen LogP contribution in [0.4, 0.5) is 0 Å². The molecule has 10 heteroatoms. The van der Waals surface area contributed by atoms with Gasteiger partial charge in [-0.2, -0.15) is 0 Å². The predicted molar refractivity (Wildman–Crippen MR) is 184 cm³/mol. The monoisotopic (exact) mass is 672 g/mol. The Labute approximate surface area is 284 Å². The minimum absolute atomic E-state index is 0.0193. The fourth-order valence-corrected chi connectivity index (χ4v) is 11.2. The lowest BCUT2D eigenvalue weighted by molar-refractivity contribution is -0.142. The van der Waals surface area contributed by atoms with Crippen molar-refractivity contribution in [2.75, 3.05) is 33.8 Å². The molecule has 1 N–H and O–H groups in total. The molecule has 2 bridgehead atoms. The highest BCUT2D eigenvalue weighted by Gasteiger charge is 2.55. The molecule has 2 saturated heterocycles. The number of fused-ring (bicyclic) bond motifs is 8. The first-order valence-corrected chi connectivity index (χ1v) is 19.4. The highest BCUT2D eigenvalue weighted by atomic mass is 32.2. The summed E-state index contributed by atoms with van der Waals surface area (Å²) in [5.74, 6) is 0.525. The summed E-state index contributed by atoms with van der Waals surface area (Å²) >= 11 is 0. The minimum atomic E-state index is -3.94. The molecule has 256 valence electrons. The number of carbonyl (C=O) groups excluding carboxylic acids is 2. The number of likely N-dealkylation sites (N-methyl/N-ethyl adjacent to an activating group) is 1. The van der Waals surface area contributed by atoms with Gasteiger partial charge in [0.05, 0.1) is 30.6 Å². The van der Waals surface area contributed by atoms with Gasteiger partial charge in [-0.3, -0.25) is 9.59 Å². The van der Waals surface area contributed by atoms with Gasteiger partial charge in [0.1, 0.15) is 5.76 Å². The molecule has 8 rings (SSSR count). The maximum absolute atomic E-state index is 14.8. The van der Waals surface area contributed by atoms with Crippen LogP contribution in [0.2, 0.25) is 0 Å². The molecule has 8 aliphatic rings. The number of piperazine rings is 1. The maximum Gasteiger partial charge on any atom is 0.265 e. The molecular formula is C38H48N4O5S. The molecular weight excluding hydrogens is 625 g/mol. The highest BCUT2D eigenvalue weighted by Crippen LogP contribution is 2.57. The Bertz CT molecular complexity index is 1760. The number of allylic oxidation sites excluding steroid dienone is 6. The van der Waals surface area contributed by atoms with Crippen molar-refractivity contribution < 1.29 is 22.7 Å². The fraction of sp³-hybridized carbons (Fsp3) is 0.579. The first kappa shape index (κ1) is 31.9. The molecule has 4 aliphatic heterocycles. The smallest absolute Gasteiger partial charge is 0.265 e. The zero-order valence-electron chi connectivity index (χ0n) is 28.6. The average Bonchev–Trinajstić information content (AvgIpc) is 3.58. The molecule has 1 saturated carbocycles. The van der Waals surface area contributed by atoms with Gasteiger partial charge >= 0.3 is 0 Å². The van der Waals surface area contributed by atoms with Crippen molar-refractivity contribution >= 4 is 21.8 Å². The summed E-state index contributed by atoms with van der Waals surface area (Å²) in [6, 6.07) is 0.493. The number of hydrogen-bond donors (Lipinski definition) is 1. The van der Waals surface area contributed by atoms with Crippen LogP contribution in [0.25, 0.3) is 0 Å². The molecule has 0 spiro atoms. The van der Waals surface area contributed by atoms with Crippen LogP contribution in [0.15, 0.2) is 80.7 Å².